The highest BCUT2D eigenvalue weighted by Gasteiger charge is 2.09. The standard InChI is InChI=1S/C20H18N4O4/c25-23(26)19-11-3-1-7-17(19)9-5-13-21-15-16-22-14-6-10-18-8-2-4-12-20(18)24(27)28/h1-14H,15-16H2/b9-5+,10-6+,21-13?,22-14?. The van der Waals surface area contributed by atoms with Crippen molar-refractivity contribution in [1.82, 2.24) is 0 Å². The molecule has 0 aliphatic heterocycles. The number of para-hydroxylation sites is 2. The molecule has 0 aliphatic carbocycles. The van der Waals surface area contributed by atoms with Gasteiger partial charge in [0.1, 0.15) is 0 Å². The summed E-state index contributed by atoms with van der Waals surface area (Å²) in [6.45, 7) is 0.911. The molecule has 0 aromatic heterocycles. The van der Waals surface area contributed by atoms with E-state index >= 15 is 0 Å². The zero-order chi connectivity index (χ0) is 20.2. The molecule has 8 heteroatoms. The molecule has 2 aromatic rings. The van der Waals surface area contributed by atoms with Crippen molar-refractivity contribution in [2.24, 2.45) is 9.98 Å². The number of benzene rings is 2. The van der Waals surface area contributed by atoms with Crippen LogP contribution in [0.4, 0.5) is 11.4 Å². The Hall–Kier alpha value is -3.94. The predicted molar refractivity (Wildman–Crippen MR) is 111 cm³/mol. The zero-order valence-electron chi connectivity index (χ0n) is 14.9. The largest absolute Gasteiger partial charge is 0.291 e. The Labute approximate surface area is 161 Å². The molecule has 2 rings (SSSR count). The Morgan fingerprint density at radius 1 is 0.714 bits per heavy atom. The van der Waals surface area contributed by atoms with E-state index in [9.17, 15) is 20.2 Å². The Bertz CT molecular complexity index is 871. The highest BCUT2D eigenvalue weighted by Crippen LogP contribution is 2.19. The van der Waals surface area contributed by atoms with Gasteiger partial charge in [0.2, 0.25) is 0 Å². The molecule has 0 heterocycles. The Balaban J connectivity index is 1.79. The number of nitro benzene ring substituents is 2. The SMILES string of the molecule is O=[N+]([O-])c1ccccc1/C=C/C=NCCN=C/C=C/c1ccccc1[N+](=O)[O-]. The van der Waals surface area contributed by atoms with Gasteiger partial charge in [-0.05, 0) is 36.4 Å². The molecule has 0 saturated carbocycles. The van der Waals surface area contributed by atoms with Crippen LogP contribution in [0.15, 0.2) is 70.7 Å². The maximum absolute atomic E-state index is 10.9. The monoisotopic (exact) mass is 378 g/mol. The van der Waals surface area contributed by atoms with Crippen LogP contribution in [-0.4, -0.2) is 35.4 Å². The summed E-state index contributed by atoms with van der Waals surface area (Å²) >= 11 is 0. The minimum Gasteiger partial charge on any atom is -0.291 e. The van der Waals surface area contributed by atoms with Crippen LogP contribution in [0.5, 0.6) is 0 Å². The molecule has 0 bridgehead atoms. The van der Waals surface area contributed by atoms with Crippen molar-refractivity contribution in [1.29, 1.82) is 0 Å². The van der Waals surface area contributed by atoms with Gasteiger partial charge in [-0.25, -0.2) is 0 Å². The summed E-state index contributed by atoms with van der Waals surface area (Å²) in [6, 6.07) is 12.9. The lowest BCUT2D eigenvalue weighted by Crippen LogP contribution is -1.90. The molecular weight excluding hydrogens is 360 g/mol. The summed E-state index contributed by atoms with van der Waals surface area (Å²) in [5.41, 5.74) is 1.11. The van der Waals surface area contributed by atoms with Crippen molar-refractivity contribution >= 4 is 36.0 Å². The van der Waals surface area contributed by atoms with Crippen LogP contribution in [-0.2, 0) is 0 Å². The molecule has 0 fully saturated rings. The Morgan fingerprint density at radius 2 is 1.11 bits per heavy atom. The first-order valence-corrected chi connectivity index (χ1v) is 8.39. The Morgan fingerprint density at radius 3 is 1.50 bits per heavy atom. The summed E-state index contributed by atoms with van der Waals surface area (Å²) in [5.74, 6) is 0. The van der Waals surface area contributed by atoms with E-state index in [-0.39, 0.29) is 11.4 Å². The van der Waals surface area contributed by atoms with E-state index in [4.69, 9.17) is 0 Å². The van der Waals surface area contributed by atoms with Gasteiger partial charge in [-0.15, -0.1) is 0 Å². The second-order valence-electron chi connectivity index (χ2n) is 5.46. The highest BCUT2D eigenvalue weighted by molar-refractivity contribution is 5.80. The summed E-state index contributed by atoms with van der Waals surface area (Å²) < 4.78 is 0. The van der Waals surface area contributed by atoms with Crippen LogP contribution in [0.1, 0.15) is 11.1 Å². The molecular formula is C20H18N4O4. The van der Waals surface area contributed by atoms with E-state index in [1.54, 1.807) is 73.1 Å². The van der Waals surface area contributed by atoms with Crippen LogP contribution in [0, 0.1) is 20.2 Å². The van der Waals surface area contributed by atoms with Gasteiger partial charge in [0.25, 0.3) is 11.4 Å². The van der Waals surface area contributed by atoms with Gasteiger partial charge in [-0.1, -0.05) is 24.3 Å². The lowest BCUT2D eigenvalue weighted by atomic mass is 10.1. The van der Waals surface area contributed by atoms with Crippen molar-refractivity contribution in [2.45, 2.75) is 0 Å². The van der Waals surface area contributed by atoms with Gasteiger partial charge < -0.3 is 0 Å². The maximum Gasteiger partial charge on any atom is 0.276 e. The smallest absolute Gasteiger partial charge is 0.276 e. The average Bonchev–Trinajstić information content (AvgIpc) is 2.69. The van der Waals surface area contributed by atoms with Crippen LogP contribution < -0.4 is 0 Å². The number of nitro groups is 2. The van der Waals surface area contributed by atoms with Crippen LogP contribution in [0.3, 0.4) is 0 Å². The summed E-state index contributed by atoms with van der Waals surface area (Å²) in [4.78, 5) is 29.3. The molecule has 28 heavy (non-hydrogen) atoms. The average molecular weight is 378 g/mol. The van der Waals surface area contributed by atoms with Gasteiger partial charge in [0.05, 0.1) is 34.1 Å². The summed E-state index contributed by atoms with van der Waals surface area (Å²) in [7, 11) is 0. The molecule has 0 radical (unpaired) electrons. The van der Waals surface area contributed by atoms with Crippen LogP contribution >= 0.6 is 0 Å². The quantitative estimate of drug-likeness (QED) is 0.279. The first-order chi connectivity index (χ1) is 13.6. The van der Waals surface area contributed by atoms with E-state index in [0.29, 0.717) is 24.2 Å². The van der Waals surface area contributed by atoms with Crippen LogP contribution in [0.2, 0.25) is 0 Å². The highest BCUT2D eigenvalue weighted by atomic mass is 16.6. The van der Waals surface area contributed by atoms with Gasteiger partial charge in [-0.3, -0.25) is 30.2 Å². The summed E-state index contributed by atoms with van der Waals surface area (Å²) in [6.07, 6.45) is 9.66. The fraction of sp³-hybridized carbons (Fsp3) is 0.100. The molecule has 0 unspecified atom stereocenters. The van der Waals surface area contributed by atoms with Gasteiger partial charge in [-0.2, -0.15) is 0 Å². The third-order valence-electron chi connectivity index (χ3n) is 3.56. The van der Waals surface area contributed by atoms with Gasteiger partial charge in [0.15, 0.2) is 0 Å². The van der Waals surface area contributed by atoms with Crippen molar-refractivity contribution in [3.63, 3.8) is 0 Å². The number of hydrogen-bond acceptors (Lipinski definition) is 6. The van der Waals surface area contributed by atoms with E-state index in [1.165, 1.54) is 12.1 Å². The first-order valence-electron chi connectivity index (χ1n) is 8.39. The molecule has 142 valence electrons. The van der Waals surface area contributed by atoms with E-state index in [2.05, 4.69) is 9.98 Å². The third kappa shape index (κ3) is 6.41. The number of rotatable bonds is 9. The first kappa shape index (κ1) is 20.4. The van der Waals surface area contributed by atoms with E-state index in [1.807, 2.05) is 0 Å². The lowest BCUT2D eigenvalue weighted by Gasteiger charge is -1.95. The molecule has 0 amide bonds. The second-order valence-corrected chi connectivity index (χ2v) is 5.46. The lowest BCUT2D eigenvalue weighted by molar-refractivity contribution is -0.385. The van der Waals surface area contributed by atoms with Gasteiger partial charge in [0, 0.05) is 24.6 Å². The fourth-order valence-electron chi connectivity index (χ4n) is 2.27. The third-order valence-corrected chi connectivity index (χ3v) is 3.56. The number of hydrogen-bond donors (Lipinski definition) is 0. The molecule has 8 nitrogen and oxygen atoms in total. The number of aliphatic imine (C=N–C) groups is 2. The minimum absolute atomic E-state index is 0.0437. The molecule has 0 spiro atoms. The molecule has 0 atom stereocenters. The van der Waals surface area contributed by atoms with E-state index < -0.39 is 9.85 Å². The van der Waals surface area contributed by atoms with E-state index in [0.717, 1.165) is 0 Å². The topological polar surface area (TPSA) is 111 Å². The summed E-state index contributed by atoms with van der Waals surface area (Å²) in [5, 5.41) is 21.8. The number of allylic oxidation sites excluding steroid dienone is 2. The van der Waals surface area contributed by atoms with Crippen LogP contribution in [0.25, 0.3) is 12.2 Å². The van der Waals surface area contributed by atoms with Crippen molar-refractivity contribution < 1.29 is 9.85 Å². The van der Waals surface area contributed by atoms with Crippen molar-refractivity contribution in [2.75, 3.05) is 13.1 Å². The normalized spacial score (nSPS) is 11.9. The fourth-order valence-corrected chi connectivity index (χ4v) is 2.27. The zero-order valence-corrected chi connectivity index (χ0v) is 14.9. The maximum atomic E-state index is 10.9. The molecule has 2 aromatic carbocycles. The predicted octanol–water partition coefficient (Wildman–Crippen LogP) is 4.37. The molecule has 0 N–H and O–H groups in total. The van der Waals surface area contributed by atoms with Crippen molar-refractivity contribution in [3.8, 4) is 0 Å². The van der Waals surface area contributed by atoms with Crippen molar-refractivity contribution in [3.05, 3.63) is 92.0 Å². The number of nitrogens with zero attached hydrogens (tertiary/aromatic N) is 4. The molecule has 0 aliphatic rings. The van der Waals surface area contributed by atoms with Gasteiger partial charge >= 0.3 is 0 Å². The molecule has 0 saturated heterocycles. The minimum atomic E-state index is -0.427. The second kappa shape index (κ2) is 10.9. The Kier molecular flexibility index (Phi) is 7.94.